The maximum atomic E-state index is 12.2. The molecular weight excluding hydrogens is 286 g/mol. The maximum absolute atomic E-state index is 12.2. The minimum Gasteiger partial charge on any atom is -0.375 e. The van der Waals surface area contributed by atoms with Crippen molar-refractivity contribution < 1.29 is 4.74 Å². The summed E-state index contributed by atoms with van der Waals surface area (Å²) in [4.78, 5) is 21.5. The zero-order chi connectivity index (χ0) is 15.6. The number of nitrogens with zero attached hydrogens (tertiary/aromatic N) is 1. The van der Waals surface area contributed by atoms with E-state index in [1.54, 1.807) is 11.3 Å². The molecule has 5 nitrogen and oxygen atoms in total. The molecule has 0 radical (unpaired) electrons. The molecule has 0 amide bonds. The minimum atomic E-state index is -0.227. The van der Waals surface area contributed by atoms with Gasteiger partial charge in [0.05, 0.1) is 17.5 Å². The highest BCUT2D eigenvalue weighted by molar-refractivity contribution is 7.18. The van der Waals surface area contributed by atoms with E-state index in [0.29, 0.717) is 25.5 Å². The first-order valence-electron chi connectivity index (χ1n) is 7.17. The van der Waals surface area contributed by atoms with E-state index in [1.807, 2.05) is 34.6 Å². The van der Waals surface area contributed by atoms with Gasteiger partial charge in [0, 0.05) is 18.0 Å². The van der Waals surface area contributed by atoms with E-state index >= 15 is 0 Å². The SMILES string of the molecule is CCOC(C)(C)CNCc1nc2sc(C)c(C)c2c(=O)[nH]1. The van der Waals surface area contributed by atoms with Gasteiger partial charge in [-0.05, 0) is 40.2 Å². The smallest absolute Gasteiger partial charge is 0.259 e. The molecule has 0 aromatic carbocycles. The van der Waals surface area contributed by atoms with Gasteiger partial charge in [-0.25, -0.2) is 4.98 Å². The molecule has 0 spiro atoms. The molecule has 0 unspecified atom stereocenters. The van der Waals surface area contributed by atoms with Crippen molar-refractivity contribution in [3.63, 3.8) is 0 Å². The second-order valence-electron chi connectivity index (χ2n) is 5.77. The third-order valence-electron chi connectivity index (χ3n) is 3.47. The fourth-order valence-electron chi connectivity index (χ4n) is 2.31. The zero-order valence-electron chi connectivity index (χ0n) is 13.3. The molecule has 0 aliphatic heterocycles. The standard InChI is InChI=1S/C15H23N3O2S/c1-6-20-15(4,5)8-16-7-11-17-13(19)12-9(2)10(3)21-14(12)18-11/h16H,6-8H2,1-5H3,(H,17,18,19). The third kappa shape index (κ3) is 3.70. The summed E-state index contributed by atoms with van der Waals surface area (Å²) in [6.07, 6.45) is 0. The number of rotatable bonds is 6. The van der Waals surface area contributed by atoms with Gasteiger partial charge in [0.15, 0.2) is 0 Å². The number of thiophene rings is 1. The number of nitrogens with one attached hydrogen (secondary N) is 2. The molecule has 6 heteroatoms. The Balaban J connectivity index is 2.12. The van der Waals surface area contributed by atoms with Gasteiger partial charge in [0.25, 0.3) is 5.56 Å². The minimum absolute atomic E-state index is 0.0530. The summed E-state index contributed by atoms with van der Waals surface area (Å²) in [6.45, 7) is 11.9. The number of aromatic nitrogens is 2. The van der Waals surface area contributed by atoms with Crippen molar-refractivity contribution in [1.82, 2.24) is 15.3 Å². The summed E-state index contributed by atoms with van der Waals surface area (Å²) < 4.78 is 5.63. The molecule has 0 aliphatic rings. The Bertz CT molecular complexity index is 688. The lowest BCUT2D eigenvalue weighted by Crippen LogP contribution is -2.37. The molecule has 2 rings (SSSR count). The Morgan fingerprint density at radius 3 is 2.76 bits per heavy atom. The Kier molecular flexibility index (Phi) is 4.81. The van der Waals surface area contributed by atoms with E-state index in [9.17, 15) is 4.79 Å². The molecule has 0 bridgehead atoms. The highest BCUT2D eigenvalue weighted by Gasteiger charge is 2.17. The van der Waals surface area contributed by atoms with Crippen molar-refractivity contribution in [2.75, 3.05) is 13.2 Å². The first kappa shape index (κ1) is 16.1. The zero-order valence-corrected chi connectivity index (χ0v) is 14.1. The summed E-state index contributed by atoms with van der Waals surface area (Å²) >= 11 is 1.57. The van der Waals surface area contributed by atoms with Crippen LogP contribution in [0, 0.1) is 13.8 Å². The number of ether oxygens (including phenoxy) is 1. The van der Waals surface area contributed by atoms with E-state index in [-0.39, 0.29) is 11.2 Å². The highest BCUT2D eigenvalue weighted by Crippen LogP contribution is 2.25. The average molecular weight is 309 g/mol. The van der Waals surface area contributed by atoms with Crippen LogP contribution in [0.1, 0.15) is 37.0 Å². The average Bonchev–Trinajstić information content (AvgIpc) is 2.65. The summed E-state index contributed by atoms with van der Waals surface area (Å²) in [5.41, 5.74) is 0.748. The van der Waals surface area contributed by atoms with Gasteiger partial charge >= 0.3 is 0 Å². The van der Waals surface area contributed by atoms with Crippen LogP contribution >= 0.6 is 11.3 Å². The Labute approximate surface area is 128 Å². The molecule has 21 heavy (non-hydrogen) atoms. The van der Waals surface area contributed by atoms with Gasteiger partial charge in [-0.2, -0.15) is 0 Å². The molecule has 2 N–H and O–H groups in total. The van der Waals surface area contributed by atoms with Gasteiger partial charge in [0.2, 0.25) is 0 Å². The third-order valence-corrected chi connectivity index (χ3v) is 4.57. The first-order chi connectivity index (χ1) is 9.84. The van der Waals surface area contributed by atoms with Crippen molar-refractivity contribution in [3.05, 3.63) is 26.6 Å². The molecule has 0 fully saturated rings. The number of hydrogen-bond donors (Lipinski definition) is 2. The lowest BCUT2D eigenvalue weighted by atomic mass is 10.1. The Morgan fingerprint density at radius 2 is 2.10 bits per heavy atom. The van der Waals surface area contributed by atoms with Crippen molar-refractivity contribution >= 4 is 21.6 Å². The molecule has 0 aliphatic carbocycles. The molecule has 0 saturated carbocycles. The van der Waals surface area contributed by atoms with Crippen LogP contribution in [0.15, 0.2) is 4.79 Å². The first-order valence-corrected chi connectivity index (χ1v) is 7.99. The van der Waals surface area contributed by atoms with Crippen LogP contribution < -0.4 is 10.9 Å². The van der Waals surface area contributed by atoms with Crippen LogP contribution in [0.3, 0.4) is 0 Å². The van der Waals surface area contributed by atoms with Crippen molar-refractivity contribution in [2.45, 2.75) is 46.8 Å². The van der Waals surface area contributed by atoms with Crippen LogP contribution in [0.5, 0.6) is 0 Å². The lowest BCUT2D eigenvalue weighted by Gasteiger charge is -2.24. The molecule has 2 aromatic rings. The summed E-state index contributed by atoms with van der Waals surface area (Å²) in [5, 5.41) is 4.01. The van der Waals surface area contributed by atoms with Crippen molar-refractivity contribution in [3.8, 4) is 0 Å². The number of fused-ring (bicyclic) bond motifs is 1. The van der Waals surface area contributed by atoms with E-state index < -0.39 is 0 Å². The largest absolute Gasteiger partial charge is 0.375 e. The summed E-state index contributed by atoms with van der Waals surface area (Å²) in [6, 6.07) is 0. The van der Waals surface area contributed by atoms with Crippen LogP contribution in [-0.2, 0) is 11.3 Å². The van der Waals surface area contributed by atoms with Crippen LogP contribution in [0.2, 0.25) is 0 Å². The number of hydrogen-bond acceptors (Lipinski definition) is 5. The normalized spacial score (nSPS) is 12.2. The van der Waals surface area contributed by atoms with Crippen molar-refractivity contribution in [2.24, 2.45) is 0 Å². The van der Waals surface area contributed by atoms with Gasteiger partial charge < -0.3 is 15.0 Å². The van der Waals surface area contributed by atoms with E-state index in [0.717, 1.165) is 20.7 Å². The number of aryl methyl sites for hydroxylation is 2. The predicted octanol–water partition coefficient (Wildman–Crippen LogP) is 2.51. The second kappa shape index (κ2) is 6.25. The summed E-state index contributed by atoms with van der Waals surface area (Å²) in [7, 11) is 0. The quantitative estimate of drug-likeness (QED) is 0.860. The Hall–Kier alpha value is -1.24. The molecule has 0 saturated heterocycles. The summed E-state index contributed by atoms with van der Waals surface area (Å²) in [5.74, 6) is 0.668. The van der Waals surface area contributed by atoms with Crippen molar-refractivity contribution in [1.29, 1.82) is 0 Å². The van der Waals surface area contributed by atoms with Crippen LogP contribution in [0.4, 0.5) is 0 Å². The molecule has 2 aromatic heterocycles. The highest BCUT2D eigenvalue weighted by atomic mass is 32.1. The maximum Gasteiger partial charge on any atom is 0.259 e. The Morgan fingerprint density at radius 1 is 1.38 bits per heavy atom. The molecule has 2 heterocycles. The van der Waals surface area contributed by atoms with Crippen LogP contribution in [-0.4, -0.2) is 28.7 Å². The van der Waals surface area contributed by atoms with E-state index in [4.69, 9.17) is 4.74 Å². The van der Waals surface area contributed by atoms with E-state index in [2.05, 4.69) is 15.3 Å². The molecule has 116 valence electrons. The van der Waals surface area contributed by atoms with Crippen LogP contribution in [0.25, 0.3) is 10.2 Å². The molecular formula is C15H23N3O2S. The number of H-pyrrole nitrogens is 1. The lowest BCUT2D eigenvalue weighted by molar-refractivity contribution is -0.00906. The van der Waals surface area contributed by atoms with Gasteiger partial charge in [-0.3, -0.25) is 4.79 Å². The van der Waals surface area contributed by atoms with Gasteiger partial charge in [-0.1, -0.05) is 0 Å². The van der Waals surface area contributed by atoms with Gasteiger partial charge in [0.1, 0.15) is 10.7 Å². The molecule has 0 atom stereocenters. The second-order valence-corrected chi connectivity index (χ2v) is 6.98. The van der Waals surface area contributed by atoms with E-state index in [1.165, 1.54) is 0 Å². The fraction of sp³-hybridized carbons (Fsp3) is 0.600. The van der Waals surface area contributed by atoms with Gasteiger partial charge in [-0.15, -0.1) is 11.3 Å². The monoisotopic (exact) mass is 309 g/mol. The number of aromatic amines is 1. The predicted molar refractivity (Wildman–Crippen MR) is 87.1 cm³/mol. The fourth-order valence-corrected chi connectivity index (χ4v) is 3.36. The topological polar surface area (TPSA) is 67.0 Å².